The van der Waals surface area contributed by atoms with Gasteiger partial charge >= 0.3 is 5.97 Å². The van der Waals surface area contributed by atoms with Crippen molar-refractivity contribution >= 4 is 17.3 Å². The number of piperidine rings is 1. The minimum absolute atomic E-state index is 0.232. The van der Waals surface area contributed by atoms with Crippen LogP contribution in [0.3, 0.4) is 0 Å². The van der Waals surface area contributed by atoms with E-state index in [1.54, 1.807) is 5.51 Å². The van der Waals surface area contributed by atoms with Gasteiger partial charge in [-0.05, 0) is 25.8 Å². The monoisotopic (exact) mass is 254 g/mol. The van der Waals surface area contributed by atoms with Crippen LogP contribution >= 0.6 is 11.3 Å². The van der Waals surface area contributed by atoms with E-state index in [0.29, 0.717) is 6.04 Å². The quantitative estimate of drug-likeness (QED) is 0.897. The van der Waals surface area contributed by atoms with Crippen molar-refractivity contribution in [2.75, 3.05) is 6.54 Å². The summed E-state index contributed by atoms with van der Waals surface area (Å²) in [6.45, 7) is 4.02. The van der Waals surface area contributed by atoms with E-state index in [0.717, 1.165) is 24.4 Å². The van der Waals surface area contributed by atoms with Gasteiger partial charge in [0.25, 0.3) is 0 Å². The lowest BCUT2D eigenvalue weighted by atomic mass is 10.00. The molecule has 94 valence electrons. The summed E-state index contributed by atoms with van der Waals surface area (Å²) in [5, 5.41) is 9.03. The molecule has 0 aromatic carbocycles. The number of likely N-dealkylation sites (tertiary alicyclic amines) is 1. The second kappa shape index (κ2) is 5.60. The lowest BCUT2D eigenvalue weighted by Crippen LogP contribution is -2.38. The van der Waals surface area contributed by atoms with Gasteiger partial charge in [-0.25, -0.2) is 9.78 Å². The number of hydrogen-bond donors (Lipinski definition) is 1. The molecule has 0 spiro atoms. The molecule has 5 heteroatoms. The van der Waals surface area contributed by atoms with Crippen LogP contribution in [-0.4, -0.2) is 33.5 Å². The molecule has 0 bridgehead atoms. The Morgan fingerprint density at radius 1 is 1.65 bits per heavy atom. The molecule has 17 heavy (non-hydrogen) atoms. The third kappa shape index (κ3) is 2.84. The van der Waals surface area contributed by atoms with Gasteiger partial charge in [0.05, 0.1) is 10.4 Å². The molecule has 4 nitrogen and oxygen atoms in total. The molecule has 1 aromatic heterocycles. The van der Waals surface area contributed by atoms with Crippen molar-refractivity contribution in [3.8, 4) is 0 Å². The molecule has 0 saturated carbocycles. The van der Waals surface area contributed by atoms with E-state index in [9.17, 15) is 4.79 Å². The van der Waals surface area contributed by atoms with E-state index < -0.39 is 5.97 Å². The van der Waals surface area contributed by atoms with Crippen LogP contribution in [0.2, 0.25) is 0 Å². The first-order valence-electron chi connectivity index (χ1n) is 6.12. The number of carboxylic acid groups (broad SMARTS) is 1. The minimum Gasteiger partial charge on any atom is -0.476 e. The van der Waals surface area contributed by atoms with Gasteiger partial charge in [0.15, 0.2) is 5.69 Å². The Balaban J connectivity index is 2.08. The molecule has 0 aliphatic carbocycles. The fourth-order valence-electron chi connectivity index (χ4n) is 2.47. The summed E-state index contributed by atoms with van der Waals surface area (Å²) >= 11 is 1.45. The topological polar surface area (TPSA) is 53.4 Å². The fraction of sp³-hybridized carbons (Fsp3) is 0.667. The first-order valence-corrected chi connectivity index (χ1v) is 7.00. The predicted molar refractivity (Wildman–Crippen MR) is 67.4 cm³/mol. The zero-order chi connectivity index (χ0) is 12.3. The molecule has 1 saturated heterocycles. The summed E-state index contributed by atoms with van der Waals surface area (Å²) in [5.41, 5.74) is 1.86. The van der Waals surface area contributed by atoms with Crippen LogP contribution in [-0.2, 0) is 6.54 Å². The van der Waals surface area contributed by atoms with Crippen molar-refractivity contribution in [1.82, 2.24) is 9.88 Å². The van der Waals surface area contributed by atoms with Crippen LogP contribution in [0.15, 0.2) is 5.51 Å². The summed E-state index contributed by atoms with van der Waals surface area (Å²) in [6.07, 6.45) is 4.89. The normalized spacial score (nSPS) is 21.6. The highest BCUT2D eigenvalue weighted by atomic mass is 32.1. The van der Waals surface area contributed by atoms with Gasteiger partial charge in [0.2, 0.25) is 0 Å². The van der Waals surface area contributed by atoms with E-state index in [4.69, 9.17) is 5.11 Å². The highest BCUT2D eigenvalue weighted by Gasteiger charge is 2.23. The Bertz CT molecular complexity index is 392. The Hall–Kier alpha value is -0.940. The third-order valence-corrected chi connectivity index (χ3v) is 4.23. The second-order valence-corrected chi connectivity index (χ2v) is 5.40. The maximum atomic E-state index is 11.0. The molecule has 1 atom stereocenters. The summed E-state index contributed by atoms with van der Waals surface area (Å²) in [4.78, 5) is 18.2. The van der Waals surface area contributed by atoms with Crippen molar-refractivity contribution < 1.29 is 9.90 Å². The Morgan fingerprint density at radius 3 is 3.18 bits per heavy atom. The number of aromatic carboxylic acids is 1. The SMILES string of the molecule is CCC1CCCCN1Cc1scnc1C(=O)O. The molecule has 1 aromatic rings. The van der Waals surface area contributed by atoms with Crippen molar-refractivity contribution in [3.05, 3.63) is 16.1 Å². The van der Waals surface area contributed by atoms with E-state index in [1.807, 2.05) is 0 Å². The number of thiazole rings is 1. The van der Waals surface area contributed by atoms with Crippen LogP contribution in [0.25, 0.3) is 0 Å². The van der Waals surface area contributed by atoms with Gasteiger partial charge in [0.1, 0.15) is 0 Å². The molecule has 1 N–H and O–H groups in total. The van der Waals surface area contributed by atoms with E-state index in [2.05, 4.69) is 16.8 Å². The molecule has 2 rings (SSSR count). The highest BCUT2D eigenvalue weighted by Crippen LogP contribution is 2.24. The molecule has 1 unspecified atom stereocenters. The first kappa shape index (κ1) is 12.5. The summed E-state index contributed by atoms with van der Waals surface area (Å²) < 4.78 is 0. The lowest BCUT2D eigenvalue weighted by Gasteiger charge is -2.34. The van der Waals surface area contributed by atoms with E-state index >= 15 is 0 Å². The summed E-state index contributed by atoms with van der Waals surface area (Å²) in [5.74, 6) is -0.911. The standard InChI is InChI=1S/C12H18N2O2S/c1-2-9-5-3-4-6-14(9)7-10-11(12(15)16)13-8-17-10/h8-9H,2-7H2,1H3,(H,15,16). The summed E-state index contributed by atoms with van der Waals surface area (Å²) in [6, 6.07) is 0.604. The smallest absolute Gasteiger partial charge is 0.355 e. The number of rotatable bonds is 4. The lowest BCUT2D eigenvalue weighted by molar-refractivity contribution is 0.0686. The Labute approximate surface area is 105 Å². The third-order valence-electron chi connectivity index (χ3n) is 3.41. The van der Waals surface area contributed by atoms with Gasteiger partial charge in [-0.2, -0.15) is 0 Å². The minimum atomic E-state index is -0.911. The van der Waals surface area contributed by atoms with Crippen LogP contribution in [0.1, 0.15) is 48.0 Å². The van der Waals surface area contributed by atoms with Crippen LogP contribution in [0.5, 0.6) is 0 Å². The fourth-order valence-corrected chi connectivity index (χ4v) is 3.25. The van der Waals surface area contributed by atoms with Gasteiger partial charge in [-0.1, -0.05) is 13.3 Å². The summed E-state index contributed by atoms with van der Waals surface area (Å²) in [7, 11) is 0. The van der Waals surface area contributed by atoms with Gasteiger partial charge in [0, 0.05) is 12.6 Å². The predicted octanol–water partition coefficient (Wildman–Crippen LogP) is 2.61. The molecular weight excluding hydrogens is 236 g/mol. The van der Waals surface area contributed by atoms with Gasteiger partial charge < -0.3 is 5.11 Å². The van der Waals surface area contributed by atoms with Crippen LogP contribution in [0, 0.1) is 0 Å². The molecule has 1 aliphatic rings. The Kier molecular flexibility index (Phi) is 4.12. The average Bonchev–Trinajstić information content (AvgIpc) is 2.78. The van der Waals surface area contributed by atoms with Crippen LogP contribution in [0.4, 0.5) is 0 Å². The largest absolute Gasteiger partial charge is 0.476 e. The van der Waals surface area contributed by atoms with E-state index in [-0.39, 0.29) is 5.69 Å². The van der Waals surface area contributed by atoms with E-state index in [1.165, 1.54) is 30.6 Å². The number of carbonyl (C=O) groups is 1. The van der Waals surface area contributed by atoms with Gasteiger partial charge in [-0.3, -0.25) is 4.90 Å². The molecule has 0 amide bonds. The molecule has 1 fully saturated rings. The number of nitrogens with zero attached hydrogens (tertiary/aromatic N) is 2. The number of carboxylic acids is 1. The second-order valence-electron chi connectivity index (χ2n) is 4.46. The number of hydrogen-bond acceptors (Lipinski definition) is 4. The van der Waals surface area contributed by atoms with Crippen LogP contribution < -0.4 is 0 Å². The Morgan fingerprint density at radius 2 is 2.47 bits per heavy atom. The van der Waals surface area contributed by atoms with Gasteiger partial charge in [-0.15, -0.1) is 11.3 Å². The zero-order valence-corrected chi connectivity index (χ0v) is 10.9. The van der Waals surface area contributed by atoms with Crippen molar-refractivity contribution in [2.45, 2.75) is 45.2 Å². The number of aromatic nitrogens is 1. The molecule has 1 aliphatic heterocycles. The highest BCUT2D eigenvalue weighted by molar-refractivity contribution is 7.09. The average molecular weight is 254 g/mol. The molecule has 0 radical (unpaired) electrons. The van der Waals surface area contributed by atoms with Crippen molar-refractivity contribution in [3.63, 3.8) is 0 Å². The van der Waals surface area contributed by atoms with Crippen molar-refractivity contribution in [2.24, 2.45) is 0 Å². The van der Waals surface area contributed by atoms with Crippen molar-refractivity contribution in [1.29, 1.82) is 0 Å². The first-order chi connectivity index (χ1) is 8.22. The molecular formula is C12H18N2O2S. The maximum absolute atomic E-state index is 11.0. The zero-order valence-electron chi connectivity index (χ0n) is 10.1. The maximum Gasteiger partial charge on any atom is 0.355 e. The molecule has 2 heterocycles.